The highest BCUT2D eigenvalue weighted by Crippen LogP contribution is 2.38. The van der Waals surface area contributed by atoms with Gasteiger partial charge in [0, 0.05) is 24.7 Å². The van der Waals surface area contributed by atoms with Gasteiger partial charge in [0.05, 0.1) is 10.2 Å². The second-order valence-corrected chi connectivity index (χ2v) is 6.99. The van der Waals surface area contributed by atoms with Crippen molar-refractivity contribution in [2.45, 2.75) is 34.2 Å². The zero-order chi connectivity index (χ0) is 18.8. The van der Waals surface area contributed by atoms with Crippen LogP contribution in [0.2, 0.25) is 0 Å². The molecule has 4 aromatic rings. The molecule has 0 amide bonds. The Morgan fingerprint density at radius 3 is 2.54 bits per heavy atom. The molecule has 1 N–H and O–H groups in total. The van der Waals surface area contributed by atoms with Crippen LogP contribution in [0.4, 0.5) is 10.2 Å². The highest BCUT2D eigenvalue weighted by molar-refractivity contribution is 7.26. The summed E-state index contributed by atoms with van der Waals surface area (Å²) in [6, 6.07) is 8.61. The van der Waals surface area contributed by atoms with Crippen LogP contribution < -0.4 is 5.32 Å². The molecule has 1 aromatic carbocycles. The highest BCUT2D eigenvalue weighted by atomic mass is 32.1. The molecule has 136 valence electrons. The summed E-state index contributed by atoms with van der Waals surface area (Å²) in [6.07, 6.45) is 0. The maximum atomic E-state index is 13.0. The van der Waals surface area contributed by atoms with Crippen LogP contribution in [0.15, 0.2) is 30.3 Å². The molecule has 0 spiro atoms. The maximum absolute atomic E-state index is 13.0. The molecule has 0 saturated heterocycles. The minimum Gasteiger partial charge on any atom is -0.363 e. The van der Waals surface area contributed by atoms with Gasteiger partial charge in [0.15, 0.2) is 5.82 Å². The fourth-order valence-electron chi connectivity index (χ4n) is 3.04. The lowest BCUT2D eigenvalue weighted by molar-refractivity contribution is 0.627. The smallest absolute Gasteiger partial charge is 0.166 e. The van der Waals surface area contributed by atoms with E-state index in [0.29, 0.717) is 6.54 Å². The van der Waals surface area contributed by atoms with Crippen LogP contribution >= 0.6 is 11.3 Å². The van der Waals surface area contributed by atoms with E-state index in [0.717, 1.165) is 32.1 Å². The lowest BCUT2D eigenvalue weighted by atomic mass is 10.1. The quantitative estimate of drug-likeness (QED) is 0.512. The molecule has 3 aromatic heterocycles. The standard InChI is InChI=1S/C18H17FN4S.C2H6/c1-10-8-11(2)21-18-14(10)15-16(24-18)17(22-23(15)3)20-9-12-4-6-13(19)7-5-12;1-2/h4-8H,9H2,1-3H3,(H,20,22);1-2H3. The SMILES string of the molecule is CC.Cc1cc(C)c2c(n1)sc1c(NCc3ccc(F)cc3)nn(C)c12. The predicted molar refractivity (Wildman–Crippen MR) is 108 cm³/mol. The molecule has 0 radical (unpaired) electrons. The van der Waals surface area contributed by atoms with Crippen LogP contribution in [0.1, 0.15) is 30.7 Å². The van der Waals surface area contributed by atoms with Gasteiger partial charge in [-0.2, -0.15) is 5.10 Å². The molecule has 0 aliphatic heterocycles. The van der Waals surface area contributed by atoms with Gasteiger partial charge in [0.2, 0.25) is 0 Å². The van der Waals surface area contributed by atoms with Crippen LogP contribution in [-0.2, 0) is 13.6 Å². The second-order valence-electron chi connectivity index (χ2n) is 5.99. The van der Waals surface area contributed by atoms with Gasteiger partial charge in [0.1, 0.15) is 10.6 Å². The molecule has 0 fully saturated rings. The molecular formula is C20H23FN4S. The normalized spacial score (nSPS) is 10.8. The number of thiophene rings is 1. The Balaban J connectivity index is 0.000000948. The van der Waals surface area contributed by atoms with Gasteiger partial charge < -0.3 is 5.32 Å². The summed E-state index contributed by atoms with van der Waals surface area (Å²) in [6.45, 7) is 8.73. The first kappa shape index (κ1) is 18.3. The number of hydrogen-bond donors (Lipinski definition) is 1. The summed E-state index contributed by atoms with van der Waals surface area (Å²) in [5.74, 6) is 0.622. The van der Waals surface area contributed by atoms with E-state index < -0.39 is 0 Å². The molecule has 0 atom stereocenters. The Labute approximate surface area is 156 Å². The largest absolute Gasteiger partial charge is 0.363 e. The van der Waals surface area contributed by atoms with E-state index in [1.165, 1.54) is 23.1 Å². The lowest BCUT2D eigenvalue weighted by Crippen LogP contribution is -2.01. The van der Waals surface area contributed by atoms with Crippen molar-refractivity contribution in [3.8, 4) is 0 Å². The van der Waals surface area contributed by atoms with Gasteiger partial charge in [-0.05, 0) is 43.2 Å². The van der Waals surface area contributed by atoms with Gasteiger partial charge >= 0.3 is 0 Å². The first-order valence-corrected chi connectivity index (χ1v) is 9.56. The summed E-state index contributed by atoms with van der Waals surface area (Å²) in [5.41, 5.74) is 4.38. The minimum atomic E-state index is -0.222. The number of aryl methyl sites for hydroxylation is 3. The number of rotatable bonds is 3. The number of halogens is 1. The predicted octanol–water partition coefficient (Wildman–Crippen LogP) is 5.58. The third kappa shape index (κ3) is 3.29. The summed E-state index contributed by atoms with van der Waals surface area (Å²) < 4.78 is 16.0. The molecule has 0 saturated carbocycles. The zero-order valence-electron chi connectivity index (χ0n) is 15.7. The molecule has 4 nitrogen and oxygen atoms in total. The van der Waals surface area contributed by atoms with Crippen molar-refractivity contribution in [2.75, 3.05) is 5.32 Å². The van der Waals surface area contributed by atoms with E-state index in [1.807, 2.05) is 32.5 Å². The van der Waals surface area contributed by atoms with E-state index in [9.17, 15) is 4.39 Å². The Bertz CT molecular complexity index is 1050. The fraction of sp³-hybridized carbons (Fsp3) is 0.300. The van der Waals surface area contributed by atoms with Gasteiger partial charge in [-0.3, -0.25) is 4.68 Å². The van der Waals surface area contributed by atoms with Gasteiger partial charge in [-0.25, -0.2) is 9.37 Å². The summed E-state index contributed by atoms with van der Waals surface area (Å²) in [4.78, 5) is 5.71. The number of fused-ring (bicyclic) bond motifs is 3. The van der Waals surface area contributed by atoms with Crippen molar-refractivity contribution in [1.82, 2.24) is 14.8 Å². The fourth-order valence-corrected chi connectivity index (χ4v) is 4.32. The van der Waals surface area contributed by atoms with E-state index in [1.54, 1.807) is 23.5 Å². The van der Waals surface area contributed by atoms with E-state index in [-0.39, 0.29) is 5.82 Å². The molecule has 0 aliphatic carbocycles. The van der Waals surface area contributed by atoms with E-state index in [2.05, 4.69) is 28.4 Å². The van der Waals surface area contributed by atoms with Crippen molar-refractivity contribution in [3.05, 3.63) is 53.0 Å². The van der Waals surface area contributed by atoms with Crippen molar-refractivity contribution in [3.63, 3.8) is 0 Å². The number of hydrogen-bond acceptors (Lipinski definition) is 4. The number of aromatic nitrogens is 3. The Morgan fingerprint density at radius 1 is 1.15 bits per heavy atom. The number of pyridine rings is 1. The lowest BCUT2D eigenvalue weighted by Gasteiger charge is -2.03. The summed E-state index contributed by atoms with van der Waals surface area (Å²) in [5, 5.41) is 9.15. The Kier molecular flexibility index (Phi) is 5.23. The summed E-state index contributed by atoms with van der Waals surface area (Å²) >= 11 is 1.66. The van der Waals surface area contributed by atoms with Crippen LogP contribution in [0.3, 0.4) is 0 Å². The second kappa shape index (κ2) is 7.41. The molecule has 3 heterocycles. The number of anilines is 1. The van der Waals surface area contributed by atoms with Crippen molar-refractivity contribution in [2.24, 2.45) is 7.05 Å². The highest BCUT2D eigenvalue weighted by Gasteiger charge is 2.17. The average Bonchev–Trinajstić information content (AvgIpc) is 3.14. The first-order chi connectivity index (χ1) is 12.5. The van der Waals surface area contributed by atoms with Crippen LogP contribution in [0.25, 0.3) is 20.4 Å². The maximum Gasteiger partial charge on any atom is 0.166 e. The van der Waals surface area contributed by atoms with Crippen molar-refractivity contribution < 1.29 is 4.39 Å². The van der Waals surface area contributed by atoms with Crippen molar-refractivity contribution in [1.29, 1.82) is 0 Å². The van der Waals surface area contributed by atoms with Gasteiger partial charge in [-0.15, -0.1) is 11.3 Å². The Hall–Kier alpha value is -2.47. The molecule has 4 rings (SSSR count). The third-order valence-corrected chi connectivity index (χ3v) is 5.20. The van der Waals surface area contributed by atoms with Crippen LogP contribution in [0, 0.1) is 19.7 Å². The Morgan fingerprint density at radius 2 is 1.85 bits per heavy atom. The molecule has 0 bridgehead atoms. The van der Waals surface area contributed by atoms with Gasteiger partial charge in [-0.1, -0.05) is 26.0 Å². The van der Waals surface area contributed by atoms with Crippen molar-refractivity contribution >= 4 is 37.6 Å². The van der Waals surface area contributed by atoms with Crippen LogP contribution in [0.5, 0.6) is 0 Å². The summed E-state index contributed by atoms with van der Waals surface area (Å²) in [7, 11) is 1.96. The van der Waals surface area contributed by atoms with E-state index in [4.69, 9.17) is 0 Å². The molecule has 0 unspecified atom stereocenters. The number of nitrogens with one attached hydrogen (secondary N) is 1. The third-order valence-electron chi connectivity index (χ3n) is 4.12. The van der Waals surface area contributed by atoms with Crippen LogP contribution in [-0.4, -0.2) is 14.8 Å². The minimum absolute atomic E-state index is 0.222. The van der Waals surface area contributed by atoms with E-state index >= 15 is 0 Å². The molecular weight excluding hydrogens is 347 g/mol. The topological polar surface area (TPSA) is 42.7 Å². The monoisotopic (exact) mass is 370 g/mol. The number of nitrogens with zero attached hydrogens (tertiary/aromatic N) is 3. The number of benzene rings is 1. The molecule has 0 aliphatic rings. The molecule has 26 heavy (non-hydrogen) atoms. The first-order valence-electron chi connectivity index (χ1n) is 8.74. The zero-order valence-corrected chi connectivity index (χ0v) is 16.5. The molecule has 6 heteroatoms. The van der Waals surface area contributed by atoms with Gasteiger partial charge in [0.25, 0.3) is 0 Å². The average molecular weight is 370 g/mol.